The van der Waals surface area contributed by atoms with E-state index in [9.17, 15) is 0 Å². The summed E-state index contributed by atoms with van der Waals surface area (Å²) in [7, 11) is 0. The monoisotopic (exact) mass is 249 g/mol. The Morgan fingerprint density at radius 1 is 1.44 bits per heavy atom. The largest absolute Gasteiger partial charge is 0.365 e. The summed E-state index contributed by atoms with van der Waals surface area (Å²) in [5.41, 5.74) is 0.248. The Hall–Kier alpha value is -1.57. The minimum atomic E-state index is 0.248. The van der Waals surface area contributed by atoms with Crippen LogP contribution < -0.4 is 5.32 Å². The third-order valence-electron chi connectivity index (χ3n) is 1.98. The summed E-state index contributed by atoms with van der Waals surface area (Å²) in [5, 5.41) is 14.3. The highest BCUT2D eigenvalue weighted by Gasteiger charge is 2.02. The first-order valence-corrected chi connectivity index (χ1v) is 5.88. The highest BCUT2D eigenvalue weighted by molar-refractivity contribution is 7.09. The van der Waals surface area contributed by atoms with Crippen LogP contribution in [0.4, 0.5) is 5.82 Å². The Labute approximate surface area is 102 Å². The summed E-state index contributed by atoms with van der Waals surface area (Å²) in [5.74, 6) is 0.661. The van der Waals surface area contributed by atoms with Crippen LogP contribution in [0, 0.1) is 11.3 Å². The van der Waals surface area contributed by atoms with Crippen molar-refractivity contribution in [2.45, 2.75) is 6.54 Å². The zero-order valence-corrected chi connectivity index (χ0v) is 9.85. The molecule has 0 saturated carbocycles. The van der Waals surface area contributed by atoms with E-state index >= 15 is 0 Å². The molecule has 16 heavy (non-hydrogen) atoms. The Morgan fingerprint density at radius 3 is 3.00 bits per heavy atom. The number of thiophene rings is 1. The molecular weight excluding hydrogens is 242 g/mol. The summed E-state index contributed by atoms with van der Waals surface area (Å²) in [6.07, 6.45) is 0. The maximum atomic E-state index is 8.77. The minimum Gasteiger partial charge on any atom is -0.365 e. The number of hydrogen-bond donors (Lipinski definition) is 1. The van der Waals surface area contributed by atoms with E-state index in [1.54, 1.807) is 23.5 Å². The number of anilines is 1. The lowest BCUT2D eigenvalue weighted by molar-refractivity contribution is 1.13. The summed E-state index contributed by atoms with van der Waals surface area (Å²) in [6.45, 7) is 0.706. The first-order chi connectivity index (χ1) is 7.79. The van der Waals surface area contributed by atoms with Crippen LogP contribution in [0.25, 0.3) is 0 Å². The maximum absolute atomic E-state index is 8.77. The number of nitrogens with one attached hydrogen (secondary N) is 1. The summed E-state index contributed by atoms with van der Waals surface area (Å²) < 4.78 is 0. The van der Waals surface area contributed by atoms with E-state index in [0.717, 1.165) is 0 Å². The second kappa shape index (κ2) is 4.97. The number of halogens is 1. The summed E-state index contributed by atoms with van der Waals surface area (Å²) >= 11 is 7.46. The molecule has 0 aliphatic heterocycles. The quantitative estimate of drug-likeness (QED) is 0.908. The molecular formula is C11H8ClN3S. The van der Waals surface area contributed by atoms with Gasteiger partial charge in [0.25, 0.3) is 0 Å². The molecule has 0 fully saturated rings. The number of pyridine rings is 1. The van der Waals surface area contributed by atoms with Crippen molar-refractivity contribution < 1.29 is 0 Å². The van der Waals surface area contributed by atoms with E-state index in [4.69, 9.17) is 16.9 Å². The lowest BCUT2D eigenvalue weighted by Gasteiger charge is -2.04. The first kappa shape index (κ1) is 10.9. The van der Waals surface area contributed by atoms with Crippen molar-refractivity contribution >= 4 is 28.8 Å². The minimum absolute atomic E-state index is 0.248. The van der Waals surface area contributed by atoms with Gasteiger partial charge in [-0.25, -0.2) is 4.98 Å². The molecule has 0 saturated heterocycles. The molecule has 2 heterocycles. The van der Waals surface area contributed by atoms with Crippen molar-refractivity contribution in [2.75, 3.05) is 5.32 Å². The average Bonchev–Trinajstić information content (AvgIpc) is 2.81. The van der Waals surface area contributed by atoms with Gasteiger partial charge < -0.3 is 5.32 Å². The Bertz CT molecular complexity index is 517. The van der Waals surface area contributed by atoms with Gasteiger partial charge in [0.1, 0.15) is 11.9 Å². The van der Waals surface area contributed by atoms with Gasteiger partial charge in [-0.15, -0.1) is 11.3 Å². The fourth-order valence-electron chi connectivity index (χ4n) is 1.21. The Kier molecular flexibility index (Phi) is 3.40. The van der Waals surface area contributed by atoms with Crippen molar-refractivity contribution in [1.82, 2.24) is 4.98 Å². The van der Waals surface area contributed by atoms with Crippen LogP contribution in [0.15, 0.2) is 29.6 Å². The van der Waals surface area contributed by atoms with E-state index in [-0.39, 0.29) is 5.69 Å². The van der Waals surface area contributed by atoms with E-state index in [1.807, 2.05) is 23.6 Å². The van der Waals surface area contributed by atoms with Crippen LogP contribution in [0.5, 0.6) is 0 Å². The van der Waals surface area contributed by atoms with Crippen molar-refractivity contribution in [1.29, 1.82) is 5.26 Å². The highest BCUT2D eigenvalue weighted by Crippen LogP contribution is 2.17. The highest BCUT2D eigenvalue weighted by atomic mass is 35.5. The molecule has 0 aromatic carbocycles. The van der Waals surface area contributed by atoms with Crippen LogP contribution in [-0.2, 0) is 6.54 Å². The Morgan fingerprint density at radius 2 is 2.31 bits per heavy atom. The first-order valence-electron chi connectivity index (χ1n) is 4.62. The molecule has 2 aromatic rings. The third kappa shape index (κ3) is 2.51. The molecule has 80 valence electrons. The van der Waals surface area contributed by atoms with Gasteiger partial charge >= 0.3 is 0 Å². The molecule has 0 bridgehead atoms. The molecule has 5 heteroatoms. The number of nitrogens with zero attached hydrogens (tertiary/aromatic N) is 2. The van der Waals surface area contributed by atoms with Crippen LogP contribution in [0.2, 0.25) is 5.02 Å². The van der Waals surface area contributed by atoms with Crippen LogP contribution in [0.1, 0.15) is 10.6 Å². The lowest BCUT2D eigenvalue weighted by Crippen LogP contribution is -2.00. The SMILES string of the molecule is N#Cc1nc(NCc2cccs2)ccc1Cl. The van der Waals surface area contributed by atoms with Gasteiger partial charge in [0.05, 0.1) is 11.6 Å². The van der Waals surface area contributed by atoms with E-state index in [2.05, 4.69) is 10.3 Å². The van der Waals surface area contributed by atoms with Gasteiger partial charge in [-0.1, -0.05) is 17.7 Å². The normalized spacial score (nSPS) is 9.75. The topological polar surface area (TPSA) is 48.7 Å². The molecule has 0 aliphatic rings. The maximum Gasteiger partial charge on any atom is 0.161 e. The molecule has 2 rings (SSSR count). The predicted octanol–water partition coefficient (Wildman–Crippen LogP) is 3.28. The number of aromatic nitrogens is 1. The average molecular weight is 250 g/mol. The van der Waals surface area contributed by atoms with Crippen molar-refractivity contribution in [3.63, 3.8) is 0 Å². The Balaban J connectivity index is 2.08. The molecule has 0 spiro atoms. The second-order valence-corrected chi connectivity index (χ2v) is 4.51. The van der Waals surface area contributed by atoms with Crippen LogP contribution >= 0.6 is 22.9 Å². The van der Waals surface area contributed by atoms with Gasteiger partial charge in [0, 0.05) is 4.88 Å². The standard InChI is InChI=1S/C11H8ClN3S/c12-9-3-4-11(15-10(9)6-13)14-7-8-2-1-5-16-8/h1-5H,7H2,(H,14,15). The van der Waals surface area contributed by atoms with E-state index in [1.165, 1.54) is 4.88 Å². The summed E-state index contributed by atoms with van der Waals surface area (Å²) in [6, 6.07) is 9.42. The van der Waals surface area contributed by atoms with E-state index in [0.29, 0.717) is 17.4 Å². The van der Waals surface area contributed by atoms with Crippen molar-refractivity contribution in [3.8, 4) is 6.07 Å². The van der Waals surface area contributed by atoms with Crippen LogP contribution in [0.3, 0.4) is 0 Å². The number of hydrogen-bond acceptors (Lipinski definition) is 4. The van der Waals surface area contributed by atoms with E-state index < -0.39 is 0 Å². The van der Waals surface area contributed by atoms with Crippen molar-refractivity contribution in [2.24, 2.45) is 0 Å². The molecule has 0 atom stereocenters. The zero-order chi connectivity index (χ0) is 11.4. The zero-order valence-electron chi connectivity index (χ0n) is 8.27. The molecule has 0 aliphatic carbocycles. The van der Waals surface area contributed by atoms with Gasteiger partial charge in [-0.3, -0.25) is 0 Å². The van der Waals surface area contributed by atoms with Crippen LogP contribution in [-0.4, -0.2) is 4.98 Å². The molecule has 0 unspecified atom stereocenters. The van der Waals surface area contributed by atoms with Gasteiger partial charge in [-0.2, -0.15) is 5.26 Å². The van der Waals surface area contributed by atoms with Gasteiger partial charge in [0.15, 0.2) is 5.69 Å². The second-order valence-electron chi connectivity index (χ2n) is 3.07. The number of nitriles is 1. The molecule has 1 N–H and O–H groups in total. The molecule has 0 amide bonds. The number of rotatable bonds is 3. The third-order valence-corrected chi connectivity index (χ3v) is 3.16. The summed E-state index contributed by atoms with van der Waals surface area (Å²) in [4.78, 5) is 5.31. The molecule has 3 nitrogen and oxygen atoms in total. The van der Waals surface area contributed by atoms with Gasteiger partial charge in [0.2, 0.25) is 0 Å². The fourth-order valence-corrected chi connectivity index (χ4v) is 2.00. The van der Waals surface area contributed by atoms with Gasteiger partial charge in [-0.05, 0) is 23.6 Å². The lowest BCUT2D eigenvalue weighted by atomic mass is 10.3. The predicted molar refractivity (Wildman–Crippen MR) is 65.6 cm³/mol. The van der Waals surface area contributed by atoms with Crippen molar-refractivity contribution in [3.05, 3.63) is 45.2 Å². The molecule has 2 aromatic heterocycles. The molecule has 0 radical (unpaired) electrons. The fraction of sp³-hybridized carbons (Fsp3) is 0.0909. The smallest absolute Gasteiger partial charge is 0.161 e.